The van der Waals surface area contributed by atoms with Crippen molar-refractivity contribution in [1.82, 2.24) is 10.2 Å². The number of nitrogens with zero attached hydrogens (tertiary/aromatic N) is 1. The van der Waals surface area contributed by atoms with Crippen LogP contribution in [0.15, 0.2) is 42.5 Å². The SMILES string of the molecule is CCNC(=O)[C@@H](C)N(Cc1ccccc1F)C(=O)COc1cc(C)cc(C)c1. The first-order chi connectivity index (χ1) is 13.3. The van der Waals surface area contributed by atoms with E-state index in [1.807, 2.05) is 32.0 Å². The lowest BCUT2D eigenvalue weighted by molar-refractivity contribution is -0.142. The van der Waals surface area contributed by atoms with Gasteiger partial charge in [0.1, 0.15) is 17.6 Å². The highest BCUT2D eigenvalue weighted by Gasteiger charge is 2.27. The molecule has 2 aromatic rings. The quantitative estimate of drug-likeness (QED) is 0.757. The normalized spacial score (nSPS) is 11.6. The molecule has 150 valence electrons. The molecule has 2 aromatic carbocycles. The second-order valence-corrected chi connectivity index (χ2v) is 6.80. The number of halogens is 1. The highest BCUT2D eigenvalue weighted by Crippen LogP contribution is 2.17. The van der Waals surface area contributed by atoms with Crippen molar-refractivity contribution in [3.05, 3.63) is 65.0 Å². The molecule has 1 atom stereocenters. The van der Waals surface area contributed by atoms with E-state index in [2.05, 4.69) is 5.32 Å². The van der Waals surface area contributed by atoms with Gasteiger partial charge in [-0.1, -0.05) is 24.3 Å². The average molecular weight is 386 g/mol. The number of nitrogens with one attached hydrogen (secondary N) is 1. The van der Waals surface area contributed by atoms with E-state index >= 15 is 0 Å². The van der Waals surface area contributed by atoms with Crippen molar-refractivity contribution in [1.29, 1.82) is 0 Å². The third-order valence-electron chi connectivity index (χ3n) is 4.37. The zero-order valence-corrected chi connectivity index (χ0v) is 16.8. The number of carbonyl (C=O) groups is 2. The van der Waals surface area contributed by atoms with Gasteiger partial charge in [0.25, 0.3) is 5.91 Å². The Morgan fingerprint density at radius 2 is 1.79 bits per heavy atom. The van der Waals surface area contributed by atoms with Crippen molar-refractivity contribution in [3.63, 3.8) is 0 Å². The van der Waals surface area contributed by atoms with Crippen LogP contribution >= 0.6 is 0 Å². The molecule has 0 aliphatic rings. The lowest BCUT2D eigenvalue weighted by Crippen LogP contribution is -2.49. The minimum atomic E-state index is -0.755. The fourth-order valence-electron chi connectivity index (χ4n) is 2.96. The van der Waals surface area contributed by atoms with E-state index in [0.717, 1.165) is 11.1 Å². The van der Waals surface area contributed by atoms with Crippen LogP contribution in [0.1, 0.15) is 30.5 Å². The molecule has 0 aliphatic heterocycles. The van der Waals surface area contributed by atoms with E-state index in [-0.39, 0.29) is 25.0 Å². The summed E-state index contributed by atoms with van der Waals surface area (Å²) in [5, 5.41) is 2.70. The van der Waals surface area contributed by atoms with Crippen LogP contribution < -0.4 is 10.1 Å². The van der Waals surface area contributed by atoms with E-state index < -0.39 is 11.9 Å². The highest BCUT2D eigenvalue weighted by atomic mass is 19.1. The summed E-state index contributed by atoms with van der Waals surface area (Å²) >= 11 is 0. The molecule has 0 saturated heterocycles. The Balaban J connectivity index is 2.17. The molecule has 0 heterocycles. The zero-order valence-electron chi connectivity index (χ0n) is 16.8. The molecule has 0 spiro atoms. The van der Waals surface area contributed by atoms with E-state index in [1.54, 1.807) is 32.0 Å². The number of amides is 2. The highest BCUT2D eigenvalue weighted by molar-refractivity contribution is 5.87. The van der Waals surface area contributed by atoms with Crippen LogP contribution in [0.5, 0.6) is 5.75 Å². The van der Waals surface area contributed by atoms with E-state index in [9.17, 15) is 14.0 Å². The second-order valence-electron chi connectivity index (χ2n) is 6.80. The van der Waals surface area contributed by atoms with Crippen molar-refractivity contribution >= 4 is 11.8 Å². The van der Waals surface area contributed by atoms with Crippen LogP contribution in [0.25, 0.3) is 0 Å². The number of hydrogen-bond acceptors (Lipinski definition) is 3. The monoisotopic (exact) mass is 386 g/mol. The molecule has 0 bridgehead atoms. The van der Waals surface area contributed by atoms with E-state index in [0.29, 0.717) is 17.9 Å². The maximum Gasteiger partial charge on any atom is 0.261 e. The lowest BCUT2D eigenvalue weighted by atomic mass is 10.1. The number of benzene rings is 2. The molecule has 2 rings (SSSR count). The molecular formula is C22H27FN2O3. The van der Waals surface area contributed by atoms with Crippen molar-refractivity contribution in [3.8, 4) is 5.75 Å². The second kappa shape index (κ2) is 9.88. The molecule has 2 amide bonds. The smallest absolute Gasteiger partial charge is 0.261 e. The largest absolute Gasteiger partial charge is 0.484 e. The predicted octanol–water partition coefficient (Wildman–Crippen LogP) is 3.37. The van der Waals surface area contributed by atoms with Gasteiger partial charge in [-0.3, -0.25) is 9.59 Å². The van der Waals surface area contributed by atoms with Gasteiger partial charge in [0.15, 0.2) is 6.61 Å². The first kappa shape index (κ1) is 21.4. The lowest BCUT2D eigenvalue weighted by Gasteiger charge is -2.28. The van der Waals surface area contributed by atoms with Crippen LogP contribution in [0, 0.1) is 19.7 Å². The number of hydrogen-bond donors (Lipinski definition) is 1. The Morgan fingerprint density at radius 1 is 1.14 bits per heavy atom. The maximum atomic E-state index is 14.1. The molecule has 0 fully saturated rings. The van der Waals surface area contributed by atoms with Crippen LogP contribution in [0.3, 0.4) is 0 Å². The summed E-state index contributed by atoms with van der Waals surface area (Å²) in [6.45, 7) is 7.52. The molecule has 0 saturated carbocycles. The molecule has 0 aliphatic carbocycles. The molecule has 0 radical (unpaired) electrons. The van der Waals surface area contributed by atoms with Gasteiger partial charge < -0.3 is 15.0 Å². The van der Waals surface area contributed by atoms with Gasteiger partial charge in [0.05, 0.1) is 0 Å². The number of aryl methyl sites for hydroxylation is 2. The summed E-state index contributed by atoms with van der Waals surface area (Å²) in [4.78, 5) is 26.5. The number of rotatable bonds is 8. The number of ether oxygens (including phenoxy) is 1. The van der Waals surface area contributed by atoms with Gasteiger partial charge in [0.2, 0.25) is 5.91 Å². The van der Waals surface area contributed by atoms with Crippen molar-refractivity contribution in [2.24, 2.45) is 0 Å². The molecular weight excluding hydrogens is 359 g/mol. The topological polar surface area (TPSA) is 58.6 Å². The minimum Gasteiger partial charge on any atom is -0.484 e. The van der Waals surface area contributed by atoms with Gasteiger partial charge in [0, 0.05) is 18.7 Å². The Hall–Kier alpha value is -2.89. The molecule has 28 heavy (non-hydrogen) atoms. The Bertz CT molecular complexity index is 818. The zero-order chi connectivity index (χ0) is 20.7. The fourth-order valence-corrected chi connectivity index (χ4v) is 2.96. The molecule has 6 heteroatoms. The molecule has 5 nitrogen and oxygen atoms in total. The van der Waals surface area contributed by atoms with Gasteiger partial charge in [-0.25, -0.2) is 4.39 Å². The summed E-state index contributed by atoms with van der Waals surface area (Å²) in [5.41, 5.74) is 2.40. The van der Waals surface area contributed by atoms with Crippen LogP contribution in [-0.4, -0.2) is 35.9 Å². The maximum absolute atomic E-state index is 14.1. The number of carbonyl (C=O) groups excluding carboxylic acids is 2. The summed E-state index contributed by atoms with van der Waals surface area (Å²) in [6, 6.07) is 11.2. The predicted molar refractivity (Wildman–Crippen MR) is 107 cm³/mol. The van der Waals surface area contributed by atoms with Crippen molar-refractivity contribution in [2.75, 3.05) is 13.2 Å². The Kier molecular flexibility index (Phi) is 7.55. The van der Waals surface area contributed by atoms with Gasteiger partial charge >= 0.3 is 0 Å². The van der Waals surface area contributed by atoms with Crippen LogP contribution in [0.4, 0.5) is 4.39 Å². The first-order valence-corrected chi connectivity index (χ1v) is 9.33. The Labute approximate surface area is 165 Å². The van der Waals surface area contributed by atoms with Gasteiger partial charge in [-0.15, -0.1) is 0 Å². The standard InChI is InChI=1S/C22H27FN2O3/c1-5-24-22(27)17(4)25(13-18-8-6-7-9-20(18)23)21(26)14-28-19-11-15(2)10-16(3)12-19/h6-12,17H,5,13-14H2,1-4H3,(H,24,27)/t17-/m1/s1. The minimum absolute atomic E-state index is 0.0139. The van der Waals surface area contributed by atoms with Crippen molar-refractivity contribution in [2.45, 2.75) is 40.3 Å². The fraction of sp³-hybridized carbons (Fsp3) is 0.364. The molecule has 0 aromatic heterocycles. The third kappa shape index (κ3) is 5.81. The van der Waals surface area contributed by atoms with Crippen LogP contribution in [-0.2, 0) is 16.1 Å². The van der Waals surface area contributed by atoms with Crippen LogP contribution in [0.2, 0.25) is 0 Å². The third-order valence-corrected chi connectivity index (χ3v) is 4.37. The summed E-state index contributed by atoms with van der Waals surface area (Å²) in [5.74, 6) is -0.513. The Morgan fingerprint density at radius 3 is 2.39 bits per heavy atom. The van der Waals surface area contributed by atoms with E-state index in [1.165, 1.54) is 11.0 Å². The molecule has 1 N–H and O–H groups in total. The van der Waals surface area contributed by atoms with Gasteiger partial charge in [-0.2, -0.15) is 0 Å². The number of likely N-dealkylation sites (N-methyl/N-ethyl adjacent to an activating group) is 1. The van der Waals surface area contributed by atoms with Crippen molar-refractivity contribution < 1.29 is 18.7 Å². The molecule has 0 unspecified atom stereocenters. The first-order valence-electron chi connectivity index (χ1n) is 9.33. The summed E-state index contributed by atoms with van der Waals surface area (Å²) < 4.78 is 19.7. The van der Waals surface area contributed by atoms with Gasteiger partial charge in [-0.05, 0) is 57.0 Å². The summed E-state index contributed by atoms with van der Waals surface area (Å²) in [6.07, 6.45) is 0. The summed E-state index contributed by atoms with van der Waals surface area (Å²) in [7, 11) is 0. The van der Waals surface area contributed by atoms with E-state index in [4.69, 9.17) is 4.74 Å². The average Bonchev–Trinajstić information content (AvgIpc) is 2.64.